The maximum absolute atomic E-state index is 3.35. The smallest absolute Gasteiger partial charge is 0.0134 e. The molecule has 1 heteroatoms. The molecule has 0 aromatic heterocycles. The fourth-order valence-corrected chi connectivity index (χ4v) is 1.35. The van der Waals surface area contributed by atoms with Crippen molar-refractivity contribution < 1.29 is 0 Å². The quantitative estimate of drug-likeness (QED) is 0.546. The van der Waals surface area contributed by atoms with Gasteiger partial charge in [-0.3, -0.25) is 0 Å². The highest BCUT2D eigenvalue weighted by molar-refractivity contribution is 4.93. The van der Waals surface area contributed by atoms with Crippen molar-refractivity contribution in [3.63, 3.8) is 0 Å². The van der Waals surface area contributed by atoms with Crippen LogP contribution in [0.25, 0.3) is 0 Å². The van der Waals surface area contributed by atoms with Crippen molar-refractivity contribution in [2.24, 2.45) is 11.8 Å². The maximum atomic E-state index is 3.35. The number of hydrogen-bond donors (Lipinski definition) is 1. The molecule has 0 amide bonds. The summed E-state index contributed by atoms with van der Waals surface area (Å²) in [4.78, 5) is 0. The Morgan fingerprint density at radius 2 is 2.30 bits per heavy atom. The predicted molar refractivity (Wildman–Crippen MR) is 45.0 cm³/mol. The van der Waals surface area contributed by atoms with Gasteiger partial charge in [0.05, 0.1) is 0 Å². The topological polar surface area (TPSA) is 12.0 Å². The van der Waals surface area contributed by atoms with Gasteiger partial charge >= 0.3 is 0 Å². The van der Waals surface area contributed by atoms with E-state index in [1.165, 1.54) is 13.0 Å². The fraction of sp³-hybridized carbons (Fsp3) is 0.778. The molecule has 58 valence electrons. The maximum Gasteiger partial charge on any atom is 0.0134 e. The zero-order valence-electron chi connectivity index (χ0n) is 6.93. The lowest BCUT2D eigenvalue weighted by Crippen LogP contribution is -2.15. The van der Waals surface area contributed by atoms with Crippen molar-refractivity contribution in [2.75, 3.05) is 13.1 Å². The van der Waals surface area contributed by atoms with Gasteiger partial charge in [-0.2, -0.15) is 0 Å². The summed E-state index contributed by atoms with van der Waals surface area (Å²) < 4.78 is 0. The Morgan fingerprint density at radius 3 is 3.00 bits per heavy atom. The van der Waals surface area contributed by atoms with Gasteiger partial charge in [-0.1, -0.05) is 26.0 Å². The molecular formula is C9H17N. The molecule has 0 radical (unpaired) electrons. The molecule has 0 spiro atoms. The van der Waals surface area contributed by atoms with E-state index in [4.69, 9.17) is 0 Å². The summed E-state index contributed by atoms with van der Waals surface area (Å²) in [5.41, 5.74) is 0. The van der Waals surface area contributed by atoms with E-state index in [0.29, 0.717) is 0 Å². The Morgan fingerprint density at radius 1 is 1.50 bits per heavy atom. The molecule has 0 bridgehead atoms. The molecule has 0 fully saturated rings. The predicted octanol–water partition coefficient (Wildman–Crippen LogP) is 1.81. The second kappa shape index (κ2) is 3.77. The lowest BCUT2D eigenvalue weighted by Gasteiger charge is -2.14. The lowest BCUT2D eigenvalue weighted by molar-refractivity contribution is 0.435. The van der Waals surface area contributed by atoms with Crippen molar-refractivity contribution >= 4 is 0 Å². The highest BCUT2D eigenvalue weighted by Crippen LogP contribution is 2.16. The third-order valence-electron chi connectivity index (χ3n) is 2.16. The molecule has 1 unspecified atom stereocenters. The van der Waals surface area contributed by atoms with Gasteiger partial charge in [0.25, 0.3) is 0 Å². The molecule has 1 rings (SSSR count). The van der Waals surface area contributed by atoms with Gasteiger partial charge in [0, 0.05) is 6.54 Å². The van der Waals surface area contributed by atoms with Gasteiger partial charge < -0.3 is 5.32 Å². The molecule has 0 aliphatic carbocycles. The summed E-state index contributed by atoms with van der Waals surface area (Å²) in [5, 5.41) is 3.35. The highest BCUT2D eigenvalue weighted by Gasteiger charge is 2.10. The van der Waals surface area contributed by atoms with Crippen molar-refractivity contribution in [2.45, 2.75) is 20.3 Å². The van der Waals surface area contributed by atoms with Crippen LogP contribution in [-0.4, -0.2) is 13.1 Å². The standard InChI is InChI=1S/C9H17N/c1-8(2)9-4-3-6-10-7-5-9/h3-4,8-10H,5-7H2,1-2H3. The van der Waals surface area contributed by atoms with Gasteiger partial charge in [0.2, 0.25) is 0 Å². The first-order valence-electron chi connectivity index (χ1n) is 4.18. The molecule has 1 heterocycles. The molecule has 1 nitrogen and oxygen atoms in total. The van der Waals surface area contributed by atoms with Crippen LogP contribution in [0.4, 0.5) is 0 Å². The van der Waals surface area contributed by atoms with Crippen LogP contribution < -0.4 is 5.32 Å². The minimum absolute atomic E-state index is 0.801. The Bertz CT molecular complexity index is 116. The molecule has 0 saturated carbocycles. The third kappa shape index (κ3) is 2.14. The van der Waals surface area contributed by atoms with E-state index < -0.39 is 0 Å². The SMILES string of the molecule is CC(C)C1C=CCNCC1. The Labute approximate surface area is 63.5 Å². The summed E-state index contributed by atoms with van der Waals surface area (Å²) in [6.07, 6.45) is 5.90. The second-order valence-corrected chi connectivity index (χ2v) is 3.33. The first kappa shape index (κ1) is 7.80. The van der Waals surface area contributed by atoms with Crippen LogP contribution in [0.2, 0.25) is 0 Å². The molecule has 1 atom stereocenters. The van der Waals surface area contributed by atoms with Crippen molar-refractivity contribution in [1.82, 2.24) is 5.32 Å². The number of nitrogens with one attached hydrogen (secondary N) is 1. The third-order valence-corrected chi connectivity index (χ3v) is 2.16. The highest BCUT2D eigenvalue weighted by atomic mass is 14.8. The molecule has 0 aromatic carbocycles. The number of allylic oxidation sites excluding steroid dienone is 1. The monoisotopic (exact) mass is 139 g/mol. The van der Waals surface area contributed by atoms with Crippen molar-refractivity contribution in [3.8, 4) is 0 Å². The van der Waals surface area contributed by atoms with E-state index in [-0.39, 0.29) is 0 Å². The fourth-order valence-electron chi connectivity index (χ4n) is 1.35. The van der Waals surface area contributed by atoms with E-state index in [2.05, 4.69) is 31.3 Å². The van der Waals surface area contributed by atoms with Crippen LogP contribution in [0.1, 0.15) is 20.3 Å². The Hall–Kier alpha value is -0.300. The van der Waals surface area contributed by atoms with Gasteiger partial charge in [-0.25, -0.2) is 0 Å². The van der Waals surface area contributed by atoms with E-state index in [0.717, 1.165) is 18.4 Å². The van der Waals surface area contributed by atoms with E-state index in [1.807, 2.05) is 0 Å². The molecule has 10 heavy (non-hydrogen) atoms. The summed E-state index contributed by atoms with van der Waals surface area (Å²) in [6, 6.07) is 0. The first-order chi connectivity index (χ1) is 4.80. The van der Waals surface area contributed by atoms with Gasteiger partial charge in [-0.15, -0.1) is 0 Å². The van der Waals surface area contributed by atoms with E-state index in [9.17, 15) is 0 Å². The lowest BCUT2D eigenvalue weighted by atomic mass is 9.93. The molecule has 1 aliphatic rings. The first-order valence-corrected chi connectivity index (χ1v) is 4.18. The van der Waals surface area contributed by atoms with Crippen molar-refractivity contribution in [3.05, 3.63) is 12.2 Å². The van der Waals surface area contributed by atoms with Gasteiger partial charge in [-0.05, 0) is 24.8 Å². The molecule has 0 aromatic rings. The van der Waals surface area contributed by atoms with Crippen LogP contribution >= 0.6 is 0 Å². The minimum Gasteiger partial charge on any atom is -0.313 e. The minimum atomic E-state index is 0.801. The van der Waals surface area contributed by atoms with E-state index >= 15 is 0 Å². The van der Waals surface area contributed by atoms with Crippen LogP contribution in [0.3, 0.4) is 0 Å². The van der Waals surface area contributed by atoms with Crippen LogP contribution in [0, 0.1) is 11.8 Å². The largest absolute Gasteiger partial charge is 0.313 e. The summed E-state index contributed by atoms with van der Waals surface area (Å²) in [7, 11) is 0. The average molecular weight is 139 g/mol. The molecule has 0 saturated heterocycles. The summed E-state index contributed by atoms with van der Waals surface area (Å²) >= 11 is 0. The summed E-state index contributed by atoms with van der Waals surface area (Å²) in [5.74, 6) is 1.60. The van der Waals surface area contributed by atoms with Crippen molar-refractivity contribution in [1.29, 1.82) is 0 Å². The Kier molecular flexibility index (Phi) is 2.94. The van der Waals surface area contributed by atoms with Crippen LogP contribution in [0.5, 0.6) is 0 Å². The number of rotatable bonds is 1. The zero-order valence-corrected chi connectivity index (χ0v) is 6.93. The molecule has 1 N–H and O–H groups in total. The van der Waals surface area contributed by atoms with Crippen LogP contribution in [0.15, 0.2) is 12.2 Å². The number of hydrogen-bond acceptors (Lipinski definition) is 1. The zero-order chi connectivity index (χ0) is 7.40. The normalized spacial score (nSPS) is 26.9. The molecule has 1 aliphatic heterocycles. The summed E-state index contributed by atoms with van der Waals surface area (Å²) in [6.45, 7) is 6.82. The van der Waals surface area contributed by atoms with Gasteiger partial charge in [0.15, 0.2) is 0 Å². The van der Waals surface area contributed by atoms with Gasteiger partial charge in [0.1, 0.15) is 0 Å². The average Bonchev–Trinajstić information content (AvgIpc) is 2.12. The second-order valence-electron chi connectivity index (χ2n) is 3.33. The van der Waals surface area contributed by atoms with E-state index in [1.54, 1.807) is 0 Å². The van der Waals surface area contributed by atoms with Crippen LogP contribution in [-0.2, 0) is 0 Å². The molecular weight excluding hydrogens is 122 g/mol. The Balaban J connectivity index is 2.41.